The molecule has 5 N–H and O–H groups in total. The second kappa shape index (κ2) is 13.5. The SMILES string of the molecule is CC(C)C[C@H](NC(=O)[C@H](CC(C)C)NC(=O)[C@H](CC(=O)NO)Cc1ccccc1)C(=O)O. The van der Waals surface area contributed by atoms with Gasteiger partial charge in [0.15, 0.2) is 0 Å². The first kappa shape index (κ1) is 27.1. The van der Waals surface area contributed by atoms with Crippen LogP contribution in [0.5, 0.6) is 0 Å². The Morgan fingerprint density at radius 2 is 1.38 bits per heavy atom. The smallest absolute Gasteiger partial charge is 0.326 e. The molecule has 0 aliphatic rings. The Kier molecular flexibility index (Phi) is 11.4. The van der Waals surface area contributed by atoms with Gasteiger partial charge in [-0.3, -0.25) is 19.6 Å². The van der Waals surface area contributed by atoms with Crippen molar-refractivity contribution < 1.29 is 29.5 Å². The first-order valence-electron chi connectivity index (χ1n) is 10.8. The first-order chi connectivity index (χ1) is 15.0. The summed E-state index contributed by atoms with van der Waals surface area (Å²) < 4.78 is 0. The van der Waals surface area contributed by atoms with E-state index in [0.29, 0.717) is 6.42 Å². The Balaban J connectivity index is 3.01. The second-order valence-corrected chi connectivity index (χ2v) is 8.85. The zero-order valence-electron chi connectivity index (χ0n) is 19.1. The molecule has 178 valence electrons. The van der Waals surface area contributed by atoms with Crippen molar-refractivity contribution in [2.24, 2.45) is 17.8 Å². The van der Waals surface area contributed by atoms with E-state index in [-0.39, 0.29) is 31.1 Å². The summed E-state index contributed by atoms with van der Waals surface area (Å²) in [4.78, 5) is 49.2. The van der Waals surface area contributed by atoms with E-state index in [1.807, 2.05) is 58.0 Å². The molecule has 3 atom stereocenters. The molecule has 0 saturated carbocycles. The highest BCUT2D eigenvalue weighted by atomic mass is 16.5. The lowest BCUT2D eigenvalue weighted by atomic mass is 9.93. The van der Waals surface area contributed by atoms with Gasteiger partial charge in [-0.1, -0.05) is 58.0 Å². The van der Waals surface area contributed by atoms with Gasteiger partial charge in [0.05, 0.1) is 5.92 Å². The highest BCUT2D eigenvalue weighted by molar-refractivity contribution is 5.92. The van der Waals surface area contributed by atoms with Gasteiger partial charge in [-0.05, 0) is 36.7 Å². The highest BCUT2D eigenvalue weighted by Crippen LogP contribution is 2.15. The fourth-order valence-electron chi connectivity index (χ4n) is 3.38. The summed E-state index contributed by atoms with van der Waals surface area (Å²) in [6, 6.07) is 7.08. The lowest BCUT2D eigenvalue weighted by Crippen LogP contribution is -2.53. The van der Waals surface area contributed by atoms with Crippen LogP contribution in [-0.4, -0.2) is 46.1 Å². The molecule has 0 spiro atoms. The topological polar surface area (TPSA) is 145 Å². The summed E-state index contributed by atoms with van der Waals surface area (Å²) in [5, 5.41) is 23.5. The molecule has 0 unspecified atom stereocenters. The van der Waals surface area contributed by atoms with Gasteiger partial charge >= 0.3 is 5.97 Å². The molecule has 1 rings (SSSR count). The molecule has 0 heterocycles. The van der Waals surface area contributed by atoms with E-state index in [1.165, 1.54) is 5.48 Å². The van der Waals surface area contributed by atoms with Crippen LogP contribution >= 0.6 is 0 Å². The van der Waals surface area contributed by atoms with Crippen molar-refractivity contribution in [2.45, 2.75) is 65.5 Å². The van der Waals surface area contributed by atoms with Crippen LogP contribution in [0.1, 0.15) is 52.5 Å². The molecule has 3 amide bonds. The van der Waals surface area contributed by atoms with Crippen LogP contribution in [0.3, 0.4) is 0 Å². The third-order valence-corrected chi connectivity index (χ3v) is 4.91. The van der Waals surface area contributed by atoms with Crippen molar-refractivity contribution in [3.8, 4) is 0 Å². The molecule has 0 radical (unpaired) electrons. The molecule has 0 fully saturated rings. The van der Waals surface area contributed by atoms with Gasteiger partial charge in [-0.2, -0.15) is 0 Å². The zero-order valence-corrected chi connectivity index (χ0v) is 19.1. The number of nitrogens with one attached hydrogen (secondary N) is 3. The van der Waals surface area contributed by atoms with E-state index in [4.69, 9.17) is 5.21 Å². The normalized spacial score (nSPS) is 13.8. The molecule has 0 aliphatic carbocycles. The molecule has 32 heavy (non-hydrogen) atoms. The van der Waals surface area contributed by atoms with Crippen LogP contribution in [0.15, 0.2) is 30.3 Å². The molecule has 1 aromatic carbocycles. The van der Waals surface area contributed by atoms with E-state index in [0.717, 1.165) is 5.56 Å². The zero-order chi connectivity index (χ0) is 24.3. The number of hydroxylamine groups is 1. The van der Waals surface area contributed by atoms with Gasteiger partial charge in [0, 0.05) is 6.42 Å². The molecule has 9 nitrogen and oxygen atoms in total. The van der Waals surface area contributed by atoms with Crippen LogP contribution in [0, 0.1) is 17.8 Å². The summed E-state index contributed by atoms with van der Waals surface area (Å²) >= 11 is 0. The summed E-state index contributed by atoms with van der Waals surface area (Å²) in [5.41, 5.74) is 2.36. The average molecular weight is 450 g/mol. The molecule has 9 heteroatoms. The predicted octanol–water partition coefficient (Wildman–Crippen LogP) is 1.89. The number of carbonyl (C=O) groups is 4. The molecular weight excluding hydrogens is 414 g/mol. The Morgan fingerprint density at radius 1 is 0.844 bits per heavy atom. The van der Waals surface area contributed by atoms with Crippen LogP contribution in [0.2, 0.25) is 0 Å². The predicted molar refractivity (Wildman–Crippen MR) is 119 cm³/mol. The van der Waals surface area contributed by atoms with Gasteiger partial charge in [0.25, 0.3) is 0 Å². The van der Waals surface area contributed by atoms with Crippen molar-refractivity contribution in [2.75, 3.05) is 0 Å². The Hall–Kier alpha value is -2.94. The number of aliphatic carboxylic acids is 1. The standard InChI is InChI=1S/C23H35N3O6/c1-14(2)10-18(22(29)25-19(23(30)31)11-15(3)4)24-21(28)17(13-20(27)26-32)12-16-8-6-5-7-9-16/h5-9,14-15,17-19,32H,10-13H2,1-4H3,(H,24,28)(H,25,29)(H,26,27)(H,30,31)/t17-,18-,19-/m0/s1. The Morgan fingerprint density at radius 3 is 1.88 bits per heavy atom. The maximum absolute atomic E-state index is 13.0. The van der Waals surface area contributed by atoms with Crippen molar-refractivity contribution >= 4 is 23.7 Å². The maximum atomic E-state index is 13.0. The number of benzene rings is 1. The number of amides is 3. The fourth-order valence-corrected chi connectivity index (χ4v) is 3.38. The summed E-state index contributed by atoms with van der Waals surface area (Å²) in [6.07, 6.45) is 0.534. The quantitative estimate of drug-likeness (QED) is 0.230. The summed E-state index contributed by atoms with van der Waals surface area (Å²) in [7, 11) is 0. The fraction of sp³-hybridized carbons (Fsp3) is 0.565. The molecule has 0 saturated heterocycles. The average Bonchev–Trinajstić information content (AvgIpc) is 2.72. The maximum Gasteiger partial charge on any atom is 0.326 e. The van der Waals surface area contributed by atoms with Crippen molar-refractivity contribution in [1.29, 1.82) is 0 Å². The monoisotopic (exact) mass is 449 g/mol. The third kappa shape index (κ3) is 9.91. The van der Waals surface area contributed by atoms with Gasteiger partial charge in [0.2, 0.25) is 17.7 Å². The summed E-state index contributed by atoms with van der Waals surface area (Å²) in [5.74, 6) is -3.66. The van der Waals surface area contributed by atoms with Crippen LogP contribution < -0.4 is 16.1 Å². The van der Waals surface area contributed by atoms with E-state index >= 15 is 0 Å². The minimum atomic E-state index is -1.14. The number of carbonyl (C=O) groups excluding carboxylic acids is 3. The van der Waals surface area contributed by atoms with Gasteiger partial charge < -0.3 is 15.7 Å². The number of carboxylic acids is 1. The van der Waals surface area contributed by atoms with Gasteiger partial charge in [0.1, 0.15) is 12.1 Å². The minimum absolute atomic E-state index is 0.0488. The van der Waals surface area contributed by atoms with Crippen LogP contribution in [0.4, 0.5) is 0 Å². The highest BCUT2D eigenvalue weighted by Gasteiger charge is 2.30. The number of hydrogen-bond acceptors (Lipinski definition) is 5. The van der Waals surface area contributed by atoms with Crippen molar-refractivity contribution in [3.05, 3.63) is 35.9 Å². The molecular formula is C23H35N3O6. The van der Waals surface area contributed by atoms with E-state index in [9.17, 15) is 24.3 Å². The van der Waals surface area contributed by atoms with Crippen molar-refractivity contribution in [1.82, 2.24) is 16.1 Å². The molecule has 0 aliphatic heterocycles. The minimum Gasteiger partial charge on any atom is -0.480 e. The molecule has 0 aromatic heterocycles. The second-order valence-electron chi connectivity index (χ2n) is 8.85. The lowest BCUT2D eigenvalue weighted by molar-refractivity contribution is -0.143. The Bertz CT molecular complexity index is 766. The van der Waals surface area contributed by atoms with Crippen LogP contribution in [-0.2, 0) is 25.6 Å². The number of carboxylic acid groups (broad SMARTS) is 1. The van der Waals surface area contributed by atoms with Gasteiger partial charge in [-0.15, -0.1) is 0 Å². The van der Waals surface area contributed by atoms with Crippen molar-refractivity contribution in [3.63, 3.8) is 0 Å². The van der Waals surface area contributed by atoms with E-state index in [2.05, 4.69) is 10.6 Å². The Labute approximate surface area is 188 Å². The summed E-state index contributed by atoms with van der Waals surface area (Å²) in [6.45, 7) is 7.48. The molecule has 0 bridgehead atoms. The number of rotatable bonds is 13. The number of hydrogen-bond donors (Lipinski definition) is 5. The molecule has 1 aromatic rings. The van der Waals surface area contributed by atoms with E-state index in [1.54, 1.807) is 0 Å². The first-order valence-corrected chi connectivity index (χ1v) is 10.8. The van der Waals surface area contributed by atoms with Crippen LogP contribution in [0.25, 0.3) is 0 Å². The van der Waals surface area contributed by atoms with Gasteiger partial charge in [-0.25, -0.2) is 10.3 Å². The largest absolute Gasteiger partial charge is 0.480 e. The van der Waals surface area contributed by atoms with E-state index < -0.39 is 41.7 Å². The third-order valence-electron chi connectivity index (χ3n) is 4.91. The lowest BCUT2D eigenvalue weighted by Gasteiger charge is -2.25.